The minimum Gasteiger partial charge on any atom is -0.403 e. The van der Waals surface area contributed by atoms with Crippen LogP contribution in [0.1, 0.15) is 47.0 Å². The zero-order chi connectivity index (χ0) is 12.3. The van der Waals surface area contributed by atoms with E-state index in [1.165, 1.54) is 19.3 Å². The Bertz CT molecular complexity index is 305. The van der Waals surface area contributed by atoms with Crippen LogP contribution in [0.2, 0.25) is 5.82 Å². The zero-order valence-corrected chi connectivity index (χ0v) is 11.4. The molecule has 0 aromatic carbocycles. The molecule has 1 saturated carbocycles. The van der Waals surface area contributed by atoms with Crippen LogP contribution in [0.25, 0.3) is 0 Å². The Balaban J connectivity index is 1.69. The summed E-state index contributed by atoms with van der Waals surface area (Å²) in [5.41, 5.74) is 0.0959. The quantitative estimate of drug-likeness (QED) is 0.657. The summed E-state index contributed by atoms with van der Waals surface area (Å²) in [7, 11) is -0.00176. The van der Waals surface area contributed by atoms with E-state index in [1.807, 2.05) is 0 Å². The van der Waals surface area contributed by atoms with Gasteiger partial charge in [-0.25, -0.2) is 0 Å². The second-order valence-corrected chi connectivity index (χ2v) is 6.91. The van der Waals surface area contributed by atoms with E-state index in [-0.39, 0.29) is 18.3 Å². The van der Waals surface area contributed by atoms with E-state index in [1.54, 1.807) is 0 Å². The van der Waals surface area contributed by atoms with Crippen molar-refractivity contribution in [3.63, 3.8) is 0 Å². The zero-order valence-electron chi connectivity index (χ0n) is 11.4. The lowest BCUT2D eigenvalue weighted by atomic mass is 9.74. The molecule has 0 N–H and O–H groups in total. The van der Waals surface area contributed by atoms with Crippen molar-refractivity contribution in [2.75, 3.05) is 13.2 Å². The number of hydrogen-bond donors (Lipinski definition) is 0. The Kier molecular flexibility index (Phi) is 2.46. The van der Waals surface area contributed by atoms with Crippen LogP contribution in [-0.2, 0) is 14.0 Å². The Morgan fingerprint density at radius 2 is 1.47 bits per heavy atom. The molecule has 4 heteroatoms. The molecule has 3 aliphatic rings. The molecule has 0 bridgehead atoms. The average Bonchev–Trinajstić information content (AvgIpc) is 2.85. The molecule has 3 rings (SSSR count). The SMILES string of the molecule is CC1(C)OB(C2CC23CCOCC3)OC1(C)C. The Labute approximate surface area is 104 Å². The van der Waals surface area contributed by atoms with Crippen molar-refractivity contribution in [3.05, 3.63) is 0 Å². The van der Waals surface area contributed by atoms with Gasteiger partial charge in [-0.05, 0) is 52.4 Å². The van der Waals surface area contributed by atoms with Gasteiger partial charge in [0.25, 0.3) is 0 Å². The minimum absolute atomic E-state index is 0.00176. The van der Waals surface area contributed by atoms with Gasteiger partial charge in [0.2, 0.25) is 0 Å². The lowest BCUT2D eigenvalue weighted by Gasteiger charge is -2.32. The van der Waals surface area contributed by atoms with E-state index in [0.717, 1.165) is 13.2 Å². The van der Waals surface area contributed by atoms with Crippen LogP contribution in [-0.4, -0.2) is 31.5 Å². The van der Waals surface area contributed by atoms with Gasteiger partial charge < -0.3 is 14.0 Å². The molecule has 1 unspecified atom stereocenters. The van der Waals surface area contributed by atoms with E-state index in [4.69, 9.17) is 14.0 Å². The fourth-order valence-corrected chi connectivity index (χ4v) is 3.17. The Morgan fingerprint density at radius 1 is 0.941 bits per heavy atom. The molecule has 1 aliphatic carbocycles. The van der Waals surface area contributed by atoms with Gasteiger partial charge in [0.15, 0.2) is 0 Å². The smallest absolute Gasteiger partial charge is 0.403 e. The first-order chi connectivity index (χ1) is 7.86. The largest absolute Gasteiger partial charge is 0.461 e. The predicted molar refractivity (Wildman–Crippen MR) is 66.9 cm³/mol. The van der Waals surface area contributed by atoms with Crippen molar-refractivity contribution in [1.29, 1.82) is 0 Å². The molecule has 0 radical (unpaired) electrons. The fourth-order valence-electron chi connectivity index (χ4n) is 3.17. The normalized spacial score (nSPS) is 37.4. The summed E-state index contributed by atoms with van der Waals surface area (Å²) >= 11 is 0. The van der Waals surface area contributed by atoms with Crippen LogP contribution in [0, 0.1) is 5.41 Å². The van der Waals surface area contributed by atoms with Crippen LogP contribution in [0.15, 0.2) is 0 Å². The van der Waals surface area contributed by atoms with E-state index in [2.05, 4.69) is 27.7 Å². The molecule has 0 aromatic heterocycles. The topological polar surface area (TPSA) is 27.7 Å². The first-order valence-electron chi connectivity index (χ1n) is 6.80. The second-order valence-electron chi connectivity index (χ2n) is 6.91. The van der Waals surface area contributed by atoms with E-state index in [0.29, 0.717) is 11.2 Å². The molecule has 3 fully saturated rings. The van der Waals surface area contributed by atoms with E-state index in [9.17, 15) is 0 Å². The molecule has 2 aliphatic heterocycles. The van der Waals surface area contributed by atoms with E-state index >= 15 is 0 Å². The molecule has 96 valence electrons. The molecule has 17 heavy (non-hydrogen) atoms. The molecule has 1 spiro atoms. The molecular weight excluding hydrogens is 215 g/mol. The van der Waals surface area contributed by atoms with Gasteiger partial charge >= 0.3 is 7.12 Å². The maximum absolute atomic E-state index is 6.15. The molecule has 2 saturated heterocycles. The number of rotatable bonds is 1. The summed E-state index contributed by atoms with van der Waals surface area (Å²) in [5.74, 6) is 0.590. The van der Waals surface area contributed by atoms with E-state index < -0.39 is 0 Å². The van der Waals surface area contributed by atoms with Crippen LogP contribution in [0.4, 0.5) is 0 Å². The van der Waals surface area contributed by atoms with Crippen molar-refractivity contribution in [2.45, 2.75) is 64.0 Å². The molecule has 1 atom stereocenters. The predicted octanol–water partition coefficient (Wildman–Crippen LogP) is 2.65. The number of hydrogen-bond acceptors (Lipinski definition) is 3. The van der Waals surface area contributed by atoms with Crippen LogP contribution in [0.5, 0.6) is 0 Å². The van der Waals surface area contributed by atoms with Gasteiger partial charge in [0, 0.05) is 19.0 Å². The van der Waals surface area contributed by atoms with Crippen molar-refractivity contribution in [2.24, 2.45) is 5.41 Å². The molecule has 2 heterocycles. The lowest BCUT2D eigenvalue weighted by molar-refractivity contribution is 0.00578. The minimum atomic E-state index is -0.188. The third kappa shape index (κ3) is 1.76. The summed E-state index contributed by atoms with van der Waals surface area (Å²) < 4.78 is 17.8. The first-order valence-corrected chi connectivity index (χ1v) is 6.80. The lowest BCUT2D eigenvalue weighted by Crippen LogP contribution is -2.41. The molecule has 3 nitrogen and oxygen atoms in total. The van der Waals surface area contributed by atoms with Gasteiger partial charge in [-0.2, -0.15) is 0 Å². The highest BCUT2D eigenvalue weighted by Gasteiger charge is 2.66. The van der Waals surface area contributed by atoms with Crippen LogP contribution in [0.3, 0.4) is 0 Å². The van der Waals surface area contributed by atoms with Crippen LogP contribution >= 0.6 is 0 Å². The maximum Gasteiger partial charge on any atom is 0.461 e. The summed E-state index contributed by atoms with van der Waals surface area (Å²) in [5, 5.41) is 0. The summed E-state index contributed by atoms with van der Waals surface area (Å²) in [6.07, 6.45) is 3.62. The molecule has 0 amide bonds. The molecular formula is C13H23BO3. The van der Waals surface area contributed by atoms with Crippen molar-refractivity contribution >= 4 is 7.12 Å². The van der Waals surface area contributed by atoms with Crippen LogP contribution < -0.4 is 0 Å². The summed E-state index contributed by atoms with van der Waals surface area (Å²) in [4.78, 5) is 0. The summed E-state index contributed by atoms with van der Waals surface area (Å²) in [6.45, 7) is 10.3. The van der Waals surface area contributed by atoms with Gasteiger partial charge in [-0.1, -0.05) is 0 Å². The summed E-state index contributed by atoms with van der Waals surface area (Å²) in [6, 6.07) is 0. The average molecular weight is 238 g/mol. The van der Waals surface area contributed by atoms with Gasteiger partial charge in [-0.15, -0.1) is 0 Å². The van der Waals surface area contributed by atoms with Gasteiger partial charge in [0.1, 0.15) is 0 Å². The number of ether oxygens (including phenoxy) is 1. The second kappa shape index (κ2) is 3.49. The maximum atomic E-state index is 6.15. The van der Waals surface area contributed by atoms with Gasteiger partial charge in [-0.3, -0.25) is 0 Å². The monoisotopic (exact) mass is 238 g/mol. The van der Waals surface area contributed by atoms with Crippen molar-refractivity contribution in [3.8, 4) is 0 Å². The standard InChI is InChI=1S/C13H23BO3/c1-11(2)12(3,4)17-14(16-11)10-9-13(10)5-7-15-8-6-13/h10H,5-9H2,1-4H3. The Morgan fingerprint density at radius 3 is 2.00 bits per heavy atom. The Hall–Kier alpha value is -0.0551. The van der Waals surface area contributed by atoms with Crippen molar-refractivity contribution in [1.82, 2.24) is 0 Å². The highest BCUT2D eigenvalue weighted by molar-refractivity contribution is 6.49. The highest BCUT2D eigenvalue weighted by atomic mass is 16.7. The van der Waals surface area contributed by atoms with Crippen molar-refractivity contribution < 1.29 is 14.0 Å². The third-order valence-electron chi connectivity index (χ3n) is 5.34. The highest BCUT2D eigenvalue weighted by Crippen LogP contribution is 2.67. The first kappa shape index (κ1) is 12.0. The molecule has 0 aromatic rings. The van der Waals surface area contributed by atoms with Gasteiger partial charge in [0.05, 0.1) is 11.2 Å². The third-order valence-corrected chi connectivity index (χ3v) is 5.34. The fraction of sp³-hybridized carbons (Fsp3) is 1.00.